The van der Waals surface area contributed by atoms with Gasteiger partial charge < -0.3 is 10.1 Å². The lowest BCUT2D eigenvalue weighted by atomic mass is 10.2. The van der Waals surface area contributed by atoms with Crippen LogP contribution in [0.15, 0.2) is 54.6 Å². The topological polar surface area (TPSA) is 75.7 Å². The molecule has 6 nitrogen and oxygen atoms in total. The van der Waals surface area contributed by atoms with Gasteiger partial charge >= 0.3 is 0 Å². The number of para-hydroxylation sites is 2. The minimum absolute atomic E-state index is 0.0289. The highest BCUT2D eigenvalue weighted by atomic mass is 32.2. The minimum atomic E-state index is -3.50. The molecule has 1 amide bonds. The van der Waals surface area contributed by atoms with Crippen LogP contribution in [0.1, 0.15) is 5.56 Å². The monoisotopic (exact) mass is 406 g/mol. The molecule has 0 bridgehead atoms. The van der Waals surface area contributed by atoms with Crippen LogP contribution < -0.4 is 14.4 Å². The second-order valence-electron chi connectivity index (χ2n) is 6.20. The van der Waals surface area contributed by atoms with Crippen molar-refractivity contribution in [1.82, 2.24) is 5.32 Å². The van der Waals surface area contributed by atoms with E-state index in [2.05, 4.69) is 17.4 Å². The third kappa shape index (κ3) is 5.17. The number of benzene rings is 2. The van der Waals surface area contributed by atoms with Crippen LogP contribution in [-0.4, -0.2) is 45.5 Å². The van der Waals surface area contributed by atoms with Crippen molar-refractivity contribution in [2.75, 3.05) is 29.4 Å². The molecule has 0 fully saturated rings. The highest BCUT2D eigenvalue weighted by Gasteiger charge is 2.34. The molecule has 3 rings (SSSR count). The summed E-state index contributed by atoms with van der Waals surface area (Å²) in [5, 5.41) is 2.84. The van der Waals surface area contributed by atoms with E-state index < -0.39 is 16.1 Å². The Morgan fingerprint density at radius 2 is 1.89 bits per heavy atom. The summed E-state index contributed by atoms with van der Waals surface area (Å²) in [6.07, 6.45) is 0.262. The average Bonchev–Trinajstić information content (AvgIpc) is 2.66. The summed E-state index contributed by atoms with van der Waals surface area (Å²) in [4.78, 5) is 12.4. The van der Waals surface area contributed by atoms with E-state index in [1.165, 1.54) is 9.87 Å². The van der Waals surface area contributed by atoms with Crippen molar-refractivity contribution in [3.63, 3.8) is 0 Å². The molecular weight excluding hydrogens is 384 g/mol. The Bertz CT molecular complexity index is 888. The van der Waals surface area contributed by atoms with Gasteiger partial charge in [0.1, 0.15) is 5.75 Å². The number of thioether (sulfide) groups is 1. The van der Waals surface area contributed by atoms with Gasteiger partial charge in [-0.25, -0.2) is 8.42 Å². The SMILES string of the molecule is CS(=O)(=O)N1C[C@H](C(=O)NCCSCc2ccccc2)Oc2ccccc21. The van der Waals surface area contributed by atoms with Crippen LogP contribution >= 0.6 is 11.8 Å². The number of sulfonamides is 1. The molecular formula is C19H22N2O4S2. The number of carbonyl (C=O) groups is 1. The molecule has 0 saturated carbocycles. The van der Waals surface area contributed by atoms with Gasteiger partial charge in [0.15, 0.2) is 6.10 Å². The second-order valence-corrected chi connectivity index (χ2v) is 9.21. The molecule has 1 atom stereocenters. The number of fused-ring (bicyclic) bond motifs is 1. The molecule has 0 unspecified atom stereocenters. The Labute approximate surface area is 164 Å². The van der Waals surface area contributed by atoms with Crippen molar-refractivity contribution in [3.8, 4) is 5.75 Å². The zero-order valence-corrected chi connectivity index (χ0v) is 16.6. The lowest BCUT2D eigenvalue weighted by Gasteiger charge is -2.33. The fraction of sp³-hybridized carbons (Fsp3) is 0.316. The van der Waals surface area contributed by atoms with Gasteiger partial charge in [-0.2, -0.15) is 11.8 Å². The van der Waals surface area contributed by atoms with E-state index in [1.807, 2.05) is 18.2 Å². The zero-order chi connectivity index (χ0) is 19.3. The predicted molar refractivity (Wildman–Crippen MR) is 109 cm³/mol. The molecule has 2 aromatic carbocycles. The van der Waals surface area contributed by atoms with Gasteiger partial charge in [0, 0.05) is 18.1 Å². The second kappa shape index (κ2) is 8.67. The number of ether oxygens (including phenoxy) is 1. The van der Waals surface area contributed by atoms with Crippen LogP contribution in [0.5, 0.6) is 5.75 Å². The molecule has 0 aromatic heterocycles. The number of hydrogen-bond donors (Lipinski definition) is 1. The summed E-state index contributed by atoms with van der Waals surface area (Å²) >= 11 is 1.73. The fourth-order valence-corrected chi connectivity index (χ4v) is 4.51. The van der Waals surface area contributed by atoms with Crippen LogP contribution in [0.25, 0.3) is 0 Å². The van der Waals surface area contributed by atoms with E-state index in [-0.39, 0.29) is 12.5 Å². The fourth-order valence-electron chi connectivity index (χ4n) is 2.78. The molecule has 144 valence electrons. The molecule has 0 radical (unpaired) electrons. The Balaban J connectivity index is 1.53. The van der Waals surface area contributed by atoms with Crippen molar-refractivity contribution >= 4 is 33.4 Å². The predicted octanol–water partition coefficient (Wildman–Crippen LogP) is 2.26. The highest BCUT2D eigenvalue weighted by Crippen LogP contribution is 2.34. The van der Waals surface area contributed by atoms with Gasteiger partial charge in [-0.05, 0) is 17.7 Å². The molecule has 2 aromatic rings. The summed E-state index contributed by atoms with van der Waals surface area (Å²) in [6.45, 7) is 0.468. The Morgan fingerprint density at radius 1 is 1.19 bits per heavy atom. The maximum Gasteiger partial charge on any atom is 0.263 e. The standard InChI is InChI=1S/C19H22N2O4S2/c1-27(23,24)21-13-18(25-17-10-6-5-9-16(17)21)19(22)20-11-12-26-14-15-7-3-2-4-8-15/h2-10,18H,11-14H2,1H3,(H,20,22)/t18-/m1/s1. The normalized spacial score (nSPS) is 16.3. The number of amides is 1. The first-order valence-electron chi connectivity index (χ1n) is 8.58. The molecule has 1 aliphatic rings. The number of nitrogens with zero attached hydrogens (tertiary/aromatic N) is 1. The van der Waals surface area contributed by atoms with Gasteiger partial charge in [0.25, 0.3) is 5.91 Å². The smallest absolute Gasteiger partial charge is 0.263 e. The maximum atomic E-state index is 12.4. The average molecular weight is 407 g/mol. The van der Waals surface area contributed by atoms with Gasteiger partial charge in [0.05, 0.1) is 18.5 Å². The summed E-state index contributed by atoms with van der Waals surface area (Å²) in [5.41, 5.74) is 1.70. The molecule has 0 spiro atoms. The third-order valence-corrected chi connectivity index (χ3v) is 6.26. The number of carbonyl (C=O) groups excluding carboxylic acids is 1. The van der Waals surface area contributed by atoms with Crippen molar-refractivity contribution in [3.05, 3.63) is 60.2 Å². The number of nitrogens with one attached hydrogen (secondary N) is 1. The molecule has 8 heteroatoms. The zero-order valence-electron chi connectivity index (χ0n) is 15.0. The first-order valence-corrected chi connectivity index (χ1v) is 11.6. The van der Waals surface area contributed by atoms with E-state index >= 15 is 0 Å². The maximum absolute atomic E-state index is 12.4. The van der Waals surface area contributed by atoms with E-state index in [0.717, 1.165) is 17.8 Å². The van der Waals surface area contributed by atoms with Crippen LogP contribution in [0, 0.1) is 0 Å². The van der Waals surface area contributed by atoms with Crippen LogP contribution in [0.2, 0.25) is 0 Å². The first kappa shape index (κ1) is 19.6. The van der Waals surface area contributed by atoms with Gasteiger partial charge in [-0.1, -0.05) is 42.5 Å². The minimum Gasteiger partial charge on any atom is -0.476 e. The Kier molecular flexibility index (Phi) is 6.28. The molecule has 0 saturated heterocycles. The lowest BCUT2D eigenvalue weighted by molar-refractivity contribution is -0.127. The molecule has 1 N–H and O–H groups in total. The van der Waals surface area contributed by atoms with Crippen molar-refractivity contribution < 1.29 is 17.9 Å². The number of anilines is 1. The quantitative estimate of drug-likeness (QED) is 0.714. The Morgan fingerprint density at radius 3 is 2.63 bits per heavy atom. The summed E-state index contributed by atoms with van der Waals surface area (Å²) in [6, 6.07) is 17.0. The summed E-state index contributed by atoms with van der Waals surface area (Å²) in [7, 11) is -3.50. The number of hydrogen-bond acceptors (Lipinski definition) is 5. The molecule has 1 aliphatic heterocycles. The molecule has 0 aliphatic carbocycles. The molecule has 1 heterocycles. The van der Waals surface area contributed by atoms with E-state index in [4.69, 9.17) is 4.74 Å². The number of rotatable bonds is 7. The van der Waals surface area contributed by atoms with Crippen LogP contribution in [0.3, 0.4) is 0 Å². The Hall–Kier alpha value is -2.19. The summed E-state index contributed by atoms with van der Waals surface area (Å²) in [5.74, 6) is 1.73. The van der Waals surface area contributed by atoms with Crippen molar-refractivity contribution in [2.24, 2.45) is 0 Å². The molecule has 27 heavy (non-hydrogen) atoms. The van der Waals surface area contributed by atoms with Crippen molar-refractivity contribution in [2.45, 2.75) is 11.9 Å². The van der Waals surface area contributed by atoms with Gasteiger partial charge in [0.2, 0.25) is 10.0 Å². The van der Waals surface area contributed by atoms with Gasteiger partial charge in [-0.15, -0.1) is 0 Å². The van der Waals surface area contributed by atoms with Gasteiger partial charge in [-0.3, -0.25) is 9.10 Å². The largest absolute Gasteiger partial charge is 0.476 e. The van der Waals surface area contributed by atoms with E-state index in [0.29, 0.717) is 18.0 Å². The first-order chi connectivity index (χ1) is 12.9. The van der Waals surface area contributed by atoms with Crippen molar-refractivity contribution in [1.29, 1.82) is 0 Å². The van der Waals surface area contributed by atoms with E-state index in [1.54, 1.807) is 36.0 Å². The third-order valence-electron chi connectivity index (χ3n) is 4.08. The summed E-state index contributed by atoms with van der Waals surface area (Å²) < 4.78 is 31.1. The van der Waals surface area contributed by atoms with E-state index in [9.17, 15) is 13.2 Å². The highest BCUT2D eigenvalue weighted by molar-refractivity contribution is 7.98. The lowest BCUT2D eigenvalue weighted by Crippen LogP contribution is -2.50. The van der Waals surface area contributed by atoms with Crippen LogP contribution in [0.4, 0.5) is 5.69 Å². The van der Waals surface area contributed by atoms with Crippen LogP contribution in [-0.2, 0) is 20.6 Å².